The van der Waals surface area contributed by atoms with Crippen LogP contribution in [0.4, 0.5) is 5.69 Å². The highest BCUT2D eigenvalue weighted by atomic mass is 16.7. The highest BCUT2D eigenvalue weighted by Gasteiger charge is 2.43. The second-order valence-corrected chi connectivity index (χ2v) is 17.7. The number of anilines is 1. The van der Waals surface area contributed by atoms with Crippen molar-refractivity contribution in [3.05, 3.63) is 41.5 Å². The molecule has 0 aromatic heterocycles. The maximum atomic E-state index is 14.4. The van der Waals surface area contributed by atoms with Crippen LogP contribution in [0.2, 0.25) is 0 Å². The van der Waals surface area contributed by atoms with Crippen molar-refractivity contribution >= 4 is 41.5 Å². The molecule has 15 nitrogen and oxygen atoms in total. The second kappa shape index (κ2) is 23.2. The van der Waals surface area contributed by atoms with Crippen LogP contribution in [0.3, 0.4) is 0 Å². The second-order valence-electron chi connectivity index (χ2n) is 17.7. The van der Waals surface area contributed by atoms with Gasteiger partial charge in [-0.3, -0.25) is 24.1 Å². The molecule has 2 aromatic carbocycles. The Hall–Kier alpha value is -4.86. The number of likely N-dealkylation sites (N-methyl/N-ethyl adjacent to an activating group) is 2. The monoisotopic (exact) mass is 880 g/mol. The largest absolute Gasteiger partial charge is 0.495 e. The van der Waals surface area contributed by atoms with E-state index in [1.54, 1.807) is 58.3 Å². The third-order valence-electron chi connectivity index (χ3n) is 12.6. The zero-order valence-electron chi connectivity index (χ0n) is 40.0. The van der Waals surface area contributed by atoms with Crippen molar-refractivity contribution in [1.29, 1.82) is 0 Å². The number of carbonyl (C=O) groups excluding carboxylic acids is 4. The van der Waals surface area contributed by atoms with Gasteiger partial charge in [0.05, 0.1) is 62.6 Å². The van der Waals surface area contributed by atoms with Gasteiger partial charge in [0.25, 0.3) is 0 Å². The molecule has 0 bridgehead atoms. The summed E-state index contributed by atoms with van der Waals surface area (Å²) in [6.07, 6.45) is 4.72. The van der Waals surface area contributed by atoms with Crippen molar-refractivity contribution in [3.63, 3.8) is 0 Å². The first-order valence-electron chi connectivity index (χ1n) is 22.2. The quantitative estimate of drug-likeness (QED) is 0.130. The van der Waals surface area contributed by atoms with Gasteiger partial charge in [-0.2, -0.15) is 0 Å². The van der Waals surface area contributed by atoms with E-state index in [0.29, 0.717) is 41.7 Å². The van der Waals surface area contributed by atoms with Gasteiger partial charge in [0.15, 0.2) is 11.5 Å². The van der Waals surface area contributed by atoms with Gasteiger partial charge in [-0.1, -0.05) is 73.1 Å². The molecular formula is C48H73N5O10. The number of nitrogens with one attached hydrogen (secondary N) is 2. The van der Waals surface area contributed by atoms with E-state index < -0.39 is 36.3 Å². The molecule has 8 atom stereocenters. The molecule has 350 valence electrons. The summed E-state index contributed by atoms with van der Waals surface area (Å²) in [7, 11) is 11.7. The Morgan fingerprint density at radius 3 is 2.13 bits per heavy atom. The van der Waals surface area contributed by atoms with Gasteiger partial charge < -0.3 is 48.9 Å². The van der Waals surface area contributed by atoms with Crippen molar-refractivity contribution < 1.29 is 47.6 Å². The van der Waals surface area contributed by atoms with Crippen LogP contribution in [0.5, 0.6) is 23.0 Å². The topological polar surface area (TPSA) is 157 Å². The van der Waals surface area contributed by atoms with Crippen molar-refractivity contribution in [2.24, 2.45) is 23.7 Å². The van der Waals surface area contributed by atoms with E-state index in [1.807, 2.05) is 97.0 Å². The average molecular weight is 880 g/mol. The summed E-state index contributed by atoms with van der Waals surface area (Å²) in [4.78, 5) is 61.6. The summed E-state index contributed by atoms with van der Waals surface area (Å²) in [5.41, 5.74) is 2.15. The molecule has 2 heterocycles. The van der Waals surface area contributed by atoms with Gasteiger partial charge in [-0.05, 0) is 80.1 Å². The maximum Gasteiger partial charge on any atom is 0.245 e. The minimum Gasteiger partial charge on any atom is -0.495 e. The van der Waals surface area contributed by atoms with E-state index in [1.165, 1.54) is 0 Å². The van der Waals surface area contributed by atoms with Crippen molar-refractivity contribution in [1.82, 2.24) is 20.0 Å². The Morgan fingerprint density at radius 1 is 0.857 bits per heavy atom. The van der Waals surface area contributed by atoms with E-state index >= 15 is 0 Å². The third kappa shape index (κ3) is 12.2. The number of nitrogens with zero attached hydrogens (tertiary/aromatic N) is 3. The van der Waals surface area contributed by atoms with Crippen LogP contribution in [0.25, 0.3) is 12.2 Å². The smallest absolute Gasteiger partial charge is 0.245 e. The minimum absolute atomic E-state index is 0.0158. The number of fused-ring (bicyclic) bond motifs is 1. The zero-order valence-corrected chi connectivity index (χ0v) is 40.0. The van der Waals surface area contributed by atoms with Crippen LogP contribution in [0.15, 0.2) is 30.3 Å². The molecule has 15 heteroatoms. The molecule has 2 aliphatic rings. The molecule has 2 N–H and O–H groups in total. The number of carbonyl (C=O) groups is 4. The minimum atomic E-state index is -0.772. The van der Waals surface area contributed by atoms with Crippen LogP contribution in [-0.2, 0) is 28.7 Å². The lowest BCUT2D eigenvalue weighted by molar-refractivity contribution is -0.147. The number of likely N-dealkylation sites (tertiary alicyclic amines) is 1. The van der Waals surface area contributed by atoms with Gasteiger partial charge in [0, 0.05) is 27.8 Å². The number of amides is 4. The van der Waals surface area contributed by atoms with E-state index in [4.69, 9.17) is 28.4 Å². The summed E-state index contributed by atoms with van der Waals surface area (Å²) < 4.78 is 34.3. The molecular weight excluding hydrogens is 807 g/mol. The first-order chi connectivity index (χ1) is 29.9. The predicted octanol–water partition coefficient (Wildman–Crippen LogP) is 6.19. The van der Waals surface area contributed by atoms with Crippen molar-refractivity contribution in [3.8, 4) is 23.0 Å². The molecule has 2 aliphatic heterocycles. The molecule has 1 fully saturated rings. The number of hydrogen-bond donors (Lipinski definition) is 2. The van der Waals surface area contributed by atoms with E-state index in [9.17, 15) is 19.2 Å². The SMILES string of the molecule is CCC(C)C(C(CC(=O)N1CCCC1C(OC)C(C)C(=O)Nc1cc(C=Cc2cc(OC)c3c(c2)OCO3)ccc1OC)OC)N(C)C(=O)C(NC(=O)C(C(C)C)N(C)C)C(C)C. The molecule has 1 saturated heterocycles. The van der Waals surface area contributed by atoms with Gasteiger partial charge in [0.2, 0.25) is 36.2 Å². The fraction of sp³-hybridized carbons (Fsp3) is 0.625. The number of benzene rings is 2. The highest BCUT2D eigenvalue weighted by Crippen LogP contribution is 2.42. The maximum absolute atomic E-state index is 14.4. The Bertz CT molecular complexity index is 1890. The summed E-state index contributed by atoms with van der Waals surface area (Å²) >= 11 is 0. The van der Waals surface area contributed by atoms with Gasteiger partial charge in [0.1, 0.15) is 11.8 Å². The van der Waals surface area contributed by atoms with Gasteiger partial charge >= 0.3 is 0 Å². The summed E-state index contributed by atoms with van der Waals surface area (Å²) in [6.45, 7) is 14.3. The van der Waals surface area contributed by atoms with Gasteiger partial charge in [-0.25, -0.2) is 0 Å². The zero-order chi connectivity index (χ0) is 46.7. The number of hydrogen-bond acceptors (Lipinski definition) is 11. The normalized spacial score (nSPS) is 18.2. The fourth-order valence-corrected chi connectivity index (χ4v) is 9.02. The molecule has 4 amide bonds. The third-order valence-corrected chi connectivity index (χ3v) is 12.6. The Morgan fingerprint density at radius 2 is 1.54 bits per heavy atom. The average Bonchev–Trinajstić information content (AvgIpc) is 3.94. The molecule has 0 radical (unpaired) electrons. The van der Waals surface area contributed by atoms with Crippen molar-refractivity contribution in [2.45, 2.75) is 111 Å². The van der Waals surface area contributed by atoms with Crippen LogP contribution >= 0.6 is 0 Å². The number of rotatable bonds is 22. The molecule has 0 aliphatic carbocycles. The molecule has 63 heavy (non-hydrogen) atoms. The first kappa shape index (κ1) is 50.8. The first-order valence-corrected chi connectivity index (χ1v) is 22.2. The molecule has 2 aromatic rings. The lowest BCUT2D eigenvalue weighted by Crippen LogP contribution is -2.59. The Balaban J connectivity index is 1.49. The van der Waals surface area contributed by atoms with Crippen LogP contribution in [0, 0.1) is 23.7 Å². The fourth-order valence-electron chi connectivity index (χ4n) is 9.02. The standard InChI is InChI=1S/C48H73N5O10/c1-15-30(6)43(52(10)48(57)41(28(2)3)50-47(56)42(29(4)5)51(8)9)37(59-12)26-40(54)53-22-16-17-35(53)44(61-14)31(7)46(55)49-34-23-32(20-21-36(34)58-11)18-19-33-24-38(60-13)45-39(25-33)62-27-63-45/h18-21,23-25,28-31,35,37,41-44H,15-17,22,26-27H2,1-14H3,(H,49,55)(H,50,56). The molecule has 8 unspecified atom stereocenters. The molecule has 0 saturated carbocycles. The van der Waals surface area contributed by atoms with E-state index in [0.717, 1.165) is 24.0 Å². The summed E-state index contributed by atoms with van der Waals surface area (Å²) in [5.74, 6) is 0.534. The van der Waals surface area contributed by atoms with E-state index in [2.05, 4.69) is 10.6 Å². The van der Waals surface area contributed by atoms with Crippen LogP contribution < -0.4 is 29.6 Å². The lowest BCUT2D eigenvalue weighted by Gasteiger charge is -2.41. The number of ether oxygens (including phenoxy) is 6. The van der Waals surface area contributed by atoms with Crippen LogP contribution in [0.1, 0.15) is 85.3 Å². The van der Waals surface area contributed by atoms with Crippen LogP contribution in [-0.4, -0.2) is 138 Å². The van der Waals surface area contributed by atoms with E-state index in [-0.39, 0.29) is 60.6 Å². The summed E-state index contributed by atoms with van der Waals surface area (Å²) in [6, 6.07) is 7.24. The number of methoxy groups -OCH3 is 4. The molecule has 4 rings (SSSR count). The van der Waals surface area contributed by atoms with Gasteiger partial charge in [-0.15, -0.1) is 0 Å². The Kier molecular flexibility index (Phi) is 18.7. The highest BCUT2D eigenvalue weighted by molar-refractivity contribution is 5.95. The Labute approximate surface area is 375 Å². The lowest BCUT2D eigenvalue weighted by atomic mass is 9.89. The summed E-state index contributed by atoms with van der Waals surface area (Å²) in [5, 5.41) is 6.10. The predicted molar refractivity (Wildman–Crippen MR) is 245 cm³/mol. The van der Waals surface area contributed by atoms with Crippen molar-refractivity contribution in [2.75, 3.05) is 68.2 Å². The molecule has 0 spiro atoms.